The first-order valence-electron chi connectivity index (χ1n) is 8.80. The molecule has 2 aliphatic heterocycles. The SMILES string of the molecule is CC(C)(C)OC(=O)N1C[C@@H](O)[C@H](N2CC(O)(C3CCCC3)C2)C1. The zero-order valence-corrected chi connectivity index (χ0v) is 14.5. The molecule has 132 valence electrons. The first-order valence-corrected chi connectivity index (χ1v) is 8.80. The van der Waals surface area contributed by atoms with E-state index < -0.39 is 17.3 Å². The third-order valence-electron chi connectivity index (χ3n) is 5.45. The van der Waals surface area contributed by atoms with E-state index in [9.17, 15) is 15.0 Å². The average Bonchev–Trinajstić information content (AvgIpc) is 3.02. The van der Waals surface area contributed by atoms with Crippen molar-refractivity contribution < 1.29 is 19.7 Å². The minimum Gasteiger partial charge on any atom is -0.444 e. The van der Waals surface area contributed by atoms with E-state index in [1.807, 2.05) is 20.8 Å². The van der Waals surface area contributed by atoms with Gasteiger partial charge in [-0.05, 0) is 39.5 Å². The lowest BCUT2D eigenvalue weighted by Gasteiger charge is -2.52. The summed E-state index contributed by atoms with van der Waals surface area (Å²) in [4.78, 5) is 15.8. The van der Waals surface area contributed by atoms with Crippen molar-refractivity contribution >= 4 is 6.09 Å². The number of aliphatic hydroxyl groups excluding tert-OH is 1. The van der Waals surface area contributed by atoms with E-state index in [2.05, 4.69) is 4.90 Å². The Morgan fingerprint density at radius 3 is 2.35 bits per heavy atom. The highest BCUT2D eigenvalue weighted by Gasteiger charge is 2.52. The van der Waals surface area contributed by atoms with E-state index in [0.717, 1.165) is 12.8 Å². The van der Waals surface area contributed by atoms with Gasteiger partial charge in [0.15, 0.2) is 0 Å². The number of carbonyl (C=O) groups excluding carboxylic acids is 1. The molecular formula is C17H30N2O4. The first-order chi connectivity index (χ1) is 10.7. The number of nitrogens with zero attached hydrogens (tertiary/aromatic N) is 2. The Labute approximate surface area is 138 Å². The van der Waals surface area contributed by atoms with E-state index in [-0.39, 0.29) is 12.1 Å². The van der Waals surface area contributed by atoms with Crippen LogP contribution in [0.4, 0.5) is 4.79 Å². The lowest BCUT2D eigenvalue weighted by atomic mass is 9.78. The van der Waals surface area contributed by atoms with E-state index in [4.69, 9.17) is 4.74 Å². The number of ether oxygens (including phenoxy) is 1. The maximum absolute atomic E-state index is 12.1. The Morgan fingerprint density at radius 2 is 1.78 bits per heavy atom. The Balaban J connectivity index is 1.53. The van der Waals surface area contributed by atoms with Crippen molar-refractivity contribution in [2.24, 2.45) is 5.92 Å². The Kier molecular flexibility index (Phi) is 4.36. The predicted molar refractivity (Wildman–Crippen MR) is 86.1 cm³/mol. The topological polar surface area (TPSA) is 73.2 Å². The van der Waals surface area contributed by atoms with Crippen LogP contribution in [0.5, 0.6) is 0 Å². The summed E-state index contributed by atoms with van der Waals surface area (Å²) in [5.74, 6) is 0.402. The molecule has 1 saturated carbocycles. The molecule has 1 amide bonds. The van der Waals surface area contributed by atoms with Crippen LogP contribution < -0.4 is 0 Å². The molecule has 0 unspecified atom stereocenters. The smallest absolute Gasteiger partial charge is 0.410 e. The second-order valence-electron chi connectivity index (χ2n) is 8.51. The predicted octanol–water partition coefficient (Wildman–Crippen LogP) is 1.20. The molecule has 0 radical (unpaired) electrons. The van der Waals surface area contributed by atoms with Gasteiger partial charge in [-0.2, -0.15) is 0 Å². The van der Waals surface area contributed by atoms with Gasteiger partial charge < -0.3 is 19.8 Å². The second-order valence-corrected chi connectivity index (χ2v) is 8.51. The fourth-order valence-electron chi connectivity index (χ4n) is 4.22. The molecule has 0 aromatic heterocycles. The molecule has 3 fully saturated rings. The fraction of sp³-hybridized carbons (Fsp3) is 0.941. The van der Waals surface area contributed by atoms with Crippen molar-refractivity contribution in [3.05, 3.63) is 0 Å². The molecular weight excluding hydrogens is 296 g/mol. The minimum atomic E-state index is -0.588. The van der Waals surface area contributed by atoms with Crippen LogP contribution in [0, 0.1) is 5.92 Å². The lowest BCUT2D eigenvalue weighted by molar-refractivity contribution is -0.155. The molecule has 6 nitrogen and oxygen atoms in total. The van der Waals surface area contributed by atoms with Crippen molar-refractivity contribution in [2.45, 2.75) is 69.8 Å². The molecule has 3 aliphatic rings. The molecule has 2 saturated heterocycles. The number of hydrogen-bond donors (Lipinski definition) is 2. The molecule has 0 bridgehead atoms. The molecule has 2 heterocycles. The monoisotopic (exact) mass is 326 g/mol. The summed E-state index contributed by atoms with van der Waals surface area (Å²) in [6.07, 6.45) is 3.71. The van der Waals surface area contributed by atoms with E-state index in [1.165, 1.54) is 12.8 Å². The van der Waals surface area contributed by atoms with Crippen molar-refractivity contribution in [1.29, 1.82) is 0 Å². The van der Waals surface area contributed by atoms with E-state index in [1.54, 1.807) is 4.90 Å². The molecule has 6 heteroatoms. The number of aliphatic hydroxyl groups is 2. The van der Waals surface area contributed by atoms with Gasteiger partial charge in [0.05, 0.1) is 24.3 Å². The molecule has 0 aromatic carbocycles. The minimum absolute atomic E-state index is 0.0933. The van der Waals surface area contributed by atoms with Gasteiger partial charge in [-0.3, -0.25) is 4.90 Å². The van der Waals surface area contributed by atoms with E-state index in [0.29, 0.717) is 32.1 Å². The van der Waals surface area contributed by atoms with Gasteiger partial charge in [-0.25, -0.2) is 4.79 Å². The number of carbonyl (C=O) groups is 1. The van der Waals surface area contributed by atoms with Gasteiger partial charge in [0.25, 0.3) is 0 Å². The highest BCUT2D eigenvalue weighted by Crippen LogP contribution is 2.41. The molecule has 1 aliphatic carbocycles. The summed E-state index contributed by atoms with van der Waals surface area (Å²) in [5, 5.41) is 21.0. The molecule has 2 atom stereocenters. The van der Waals surface area contributed by atoms with Crippen LogP contribution in [0.25, 0.3) is 0 Å². The number of likely N-dealkylation sites (tertiary alicyclic amines) is 2. The van der Waals surface area contributed by atoms with Crippen molar-refractivity contribution in [2.75, 3.05) is 26.2 Å². The summed E-state index contributed by atoms with van der Waals surface area (Å²) >= 11 is 0. The summed E-state index contributed by atoms with van der Waals surface area (Å²) in [6.45, 7) is 7.52. The number of β-amino-alcohol motifs (C(OH)–C–C–N with tert-alkyl or cyclic N) is 2. The Bertz CT molecular complexity index is 450. The number of rotatable bonds is 2. The highest BCUT2D eigenvalue weighted by molar-refractivity contribution is 5.68. The fourth-order valence-corrected chi connectivity index (χ4v) is 4.22. The quantitative estimate of drug-likeness (QED) is 0.798. The number of amides is 1. The Hall–Kier alpha value is -0.850. The largest absolute Gasteiger partial charge is 0.444 e. The normalized spacial score (nSPS) is 32.1. The zero-order valence-electron chi connectivity index (χ0n) is 14.5. The van der Waals surface area contributed by atoms with Crippen LogP contribution >= 0.6 is 0 Å². The average molecular weight is 326 g/mol. The molecule has 3 rings (SSSR count). The zero-order chi connectivity index (χ0) is 16.8. The van der Waals surface area contributed by atoms with Crippen LogP contribution in [0.15, 0.2) is 0 Å². The summed E-state index contributed by atoms with van der Waals surface area (Å²) in [6, 6.07) is -0.0933. The van der Waals surface area contributed by atoms with Gasteiger partial charge >= 0.3 is 6.09 Å². The van der Waals surface area contributed by atoms with Crippen LogP contribution in [-0.4, -0.2) is 75.6 Å². The van der Waals surface area contributed by atoms with Crippen molar-refractivity contribution in [1.82, 2.24) is 9.80 Å². The molecule has 0 spiro atoms. The maximum atomic E-state index is 12.1. The van der Waals surface area contributed by atoms with Crippen LogP contribution in [-0.2, 0) is 4.74 Å². The van der Waals surface area contributed by atoms with Gasteiger partial charge in [0.2, 0.25) is 0 Å². The Morgan fingerprint density at radius 1 is 1.17 bits per heavy atom. The van der Waals surface area contributed by atoms with Crippen LogP contribution in [0.2, 0.25) is 0 Å². The molecule has 23 heavy (non-hydrogen) atoms. The molecule has 2 N–H and O–H groups in total. The van der Waals surface area contributed by atoms with Gasteiger partial charge in [-0.1, -0.05) is 12.8 Å². The highest BCUT2D eigenvalue weighted by atomic mass is 16.6. The second kappa shape index (κ2) is 5.90. The van der Waals surface area contributed by atoms with Gasteiger partial charge in [-0.15, -0.1) is 0 Å². The van der Waals surface area contributed by atoms with Crippen molar-refractivity contribution in [3.63, 3.8) is 0 Å². The van der Waals surface area contributed by atoms with Crippen LogP contribution in [0.1, 0.15) is 46.5 Å². The standard InChI is InChI=1S/C17H30N2O4/c1-16(2,3)23-15(21)18-8-13(14(20)9-18)19-10-17(22,11-19)12-6-4-5-7-12/h12-14,20,22H,4-11H2,1-3H3/t13-,14-/m1/s1. The summed E-state index contributed by atoms with van der Waals surface area (Å²) in [7, 11) is 0. The molecule has 0 aromatic rings. The van der Waals surface area contributed by atoms with Gasteiger partial charge in [0.1, 0.15) is 5.60 Å². The van der Waals surface area contributed by atoms with Gasteiger partial charge in [0, 0.05) is 19.6 Å². The van der Waals surface area contributed by atoms with E-state index >= 15 is 0 Å². The van der Waals surface area contributed by atoms with Crippen molar-refractivity contribution in [3.8, 4) is 0 Å². The maximum Gasteiger partial charge on any atom is 0.410 e. The first kappa shape index (κ1) is 17.0. The summed E-state index contributed by atoms with van der Waals surface area (Å²) < 4.78 is 5.38. The van der Waals surface area contributed by atoms with Crippen LogP contribution in [0.3, 0.4) is 0 Å². The summed E-state index contributed by atoms with van der Waals surface area (Å²) in [5.41, 5.74) is -1.12. The number of hydrogen-bond acceptors (Lipinski definition) is 5. The third kappa shape index (κ3) is 3.49. The lowest BCUT2D eigenvalue weighted by Crippen LogP contribution is -2.69. The third-order valence-corrected chi connectivity index (χ3v) is 5.45.